The first-order chi connectivity index (χ1) is 16.0. The number of hydrogen-bond donors (Lipinski definition) is 1. The van der Waals surface area contributed by atoms with Crippen LogP contribution in [0.5, 0.6) is 0 Å². The number of carbonyl (C=O) groups is 2. The average molecular weight is 447 g/mol. The monoisotopic (exact) mass is 446 g/mol. The molecule has 2 amide bonds. The highest BCUT2D eigenvalue weighted by atomic mass is 16.5. The molecule has 0 unspecified atom stereocenters. The summed E-state index contributed by atoms with van der Waals surface area (Å²) in [5.74, 6) is -0.129. The van der Waals surface area contributed by atoms with E-state index in [1.807, 2.05) is 85.3 Å². The summed E-state index contributed by atoms with van der Waals surface area (Å²) < 4.78 is 7.56. The van der Waals surface area contributed by atoms with Crippen LogP contribution in [0.4, 0.5) is 5.95 Å². The van der Waals surface area contributed by atoms with Crippen molar-refractivity contribution in [2.75, 3.05) is 25.0 Å². The molecule has 3 aromatic rings. The van der Waals surface area contributed by atoms with Crippen molar-refractivity contribution < 1.29 is 14.3 Å². The zero-order valence-corrected chi connectivity index (χ0v) is 19.1. The molecule has 1 aliphatic heterocycles. The highest BCUT2D eigenvalue weighted by Gasteiger charge is 2.26. The fourth-order valence-electron chi connectivity index (χ4n) is 3.97. The van der Waals surface area contributed by atoms with E-state index in [1.54, 1.807) is 4.90 Å². The molecule has 0 aliphatic carbocycles. The molecule has 7 heteroatoms. The van der Waals surface area contributed by atoms with Crippen LogP contribution in [0.1, 0.15) is 26.7 Å². The van der Waals surface area contributed by atoms with Crippen LogP contribution in [0.25, 0.3) is 16.9 Å². The molecule has 4 rings (SSSR count). The van der Waals surface area contributed by atoms with Gasteiger partial charge in [0.25, 0.3) is 0 Å². The largest absolute Gasteiger partial charge is 0.376 e. The number of para-hydroxylation sites is 1. The van der Waals surface area contributed by atoms with Crippen molar-refractivity contribution in [2.45, 2.75) is 32.8 Å². The summed E-state index contributed by atoms with van der Waals surface area (Å²) in [6, 6.07) is 19.6. The Labute approximate surface area is 194 Å². The highest BCUT2D eigenvalue weighted by Crippen LogP contribution is 2.24. The maximum Gasteiger partial charge on any atom is 0.246 e. The summed E-state index contributed by atoms with van der Waals surface area (Å²) in [5, 5.41) is 2.93. The van der Waals surface area contributed by atoms with Gasteiger partial charge in [0.2, 0.25) is 17.8 Å². The third kappa shape index (κ3) is 5.68. The van der Waals surface area contributed by atoms with Crippen molar-refractivity contribution in [1.82, 2.24) is 14.5 Å². The van der Waals surface area contributed by atoms with Gasteiger partial charge in [-0.1, -0.05) is 62.4 Å². The first kappa shape index (κ1) is 22.7. The zero-order valence-electron chi connectivity index (χ0n) is 19.1. The van der Waals surface area contributed by atoms with Crippen molar-refractivity contribution in [3.05, 3.63) is 66.9 Å². The number of nitrogens with one attached hydrogen (secondary N) is 1. The second-order valence-electron chi connectivity index (χ2n) is 8.58. The van der Waals surface area contributed by atoms with E-state index < -0.39 is 0 Å². The first-order valence-electron chi connectivity index (χ1n) is 11.4. The number of rotatable bonds is 8. The van der Waals surface area contributed by atoms with Crippen LogP contribution in [0.2, 0.25) is 0 Å². The number of benzene rings is 2. The van der Waals surface area contributed by atoms with Gasteiger partial charge in [-0.15, -0.1) is 0 Å². The topological polar surface area (TPSA) is 76.5 Å². The molecule has 2 heterocycles. The van der Waals surface area contributed by atoms with Crippen molar-refractivity contribution in [2.24, 2.45) is 5.92 Å². The van der Waals surface area contributed by atoms with E-state index in [2.05, 4.69) is 5.32 Å². The van der Waals surface area contributed by atoms with Gasteiger partial charge in [-0.25, -0.2) is 4.98 Å². The molecule has 172 valence electrons. The molecule has 1 fully saturated rings. The standard InChI is InChI=1S/C26H30N4O3/c1-19(2)25(32)29(16-22-14-9-15-33-22)18-24(31)28-26-27-23(20-10-5-3-6-11-20)17-30(26)21-12-7-4-8-13-21/h3-8,10-13,17,19,22H,9,14-16,18H2,1-2H3,(H,27,28,31)/t22-/m0/s1. The SMILES string of the molecule is CC(C)C(=O)N(CC(=O)Nc1nc(-c2ccccc2)cn1-c1ccccc1)C[C@@H]1CCCO1. The van der Waals surface area contributed by atoms with Crippen LogP contribution < -0.4 is 5.32 Å². The molecule has 2 aromatic carbocycles. The van der Waals surface area contributed by atoms with Gasteiger partial charge in [0, 0.05) is 36.5 Å². The molecule has 0 radical (unpaired) electrons. The number of anilines is 1. The molecule has 1 aliphatic rings. The van der Waals surface area contributed by atoms with Crippen molar-refractivity contribution in [3.8, 4) is 16.9 Å². The molecule has 1 atom stereocenters. The third-order valence-corrected chi connectivity index (χ3v) is 5.65. The van der Waals surface area contributed by atoms with E-state index in [1.165, 1.54) is 0 Å². The fourth-order valence-corrected chi connectivity index (χ4v) is 3.97. The predicted octanol–water partition coefficient (Wildman–Crippen LogP) is 4.14. The molecule has 1 saturated heterocycles. The molecule has 33 heavy (non-hydrogen) atoms. The Morgan fingerprint density at radius 1 is 1.12 bits per heavy atom. The van der Waals surface area contributed by atoms with Gasteiger partial charge in [-0.3, -0.25) is 19.5 Å². The van der Waals surface area contributed by atoms with Crippen LogP contribution in [-0.4, -0.2) is 52.1 Å². The number of nitrogens with zero attached hydrogens (tertiary/aromatic N) is 3. The Bertz CT molecular complexity index is 1070. The van der Waals surface area contributed by atoms with Crippen LogP contribution in [0.15, 0.2) is 66.9 Å². The van der Waals surface area contributed by atoms with Crippen LogP contribution in [0, 0.1) is 5.92 Å². The molecule has 0 spiro atoms. The fraction of sp³-hybridized carbons (Fsp3) is 0.346. The molecular formula is C26H30N4O3. The van der Waals surface area contributed by atoms with E-state index >= 15 is 0 Å². The van der Waals surface area contributed by atoms with Gasteiger partial charge >= 0.3 is 0 Å². The van der Waals surface area contributed by atoms with Gasteiger partial charge in [0.05, 0.1) is 11.8 Å². The predicted molar refractivity (Wildman–Crippen MR) is 128 cm³/mol. The summed E-state index contributed by atoms with van der Waals surface area (Å²) in [6.07, 6.45) is 3.78. The minimum absolute atomic E-state index is 0.0171. The lowest BCUT2D eigenvalue weighted by atomic mass is 10.1. The smallest absolute Gasteiger partial charge is 0.246 e. The number of imidazole rings is 1. The van der Waals surface area contributed by atoms with Crippen LogP contribution >= 0.6 is 0 Å². The lowest BCUT2D eigenvalue weighted by molar-refractivity contribution is -0.139. The zero-order chi connectivity index (χ0) is 23.2. The second-order valence-corrected chi connectivity index (χ2v) is 8.58. The van der Waals surface area contributed by atoms with Crippen molar-refractivity contribution >= 4 is 17.8 Å². The van der Waals surface area contributed by atoms with Gasteiger partial charge in [0.1, 0.15) is 6.54 Å². The van der Waals surface area contributed by atoms with Gasteiger partial charge in [-0.05, 0) is 25.0 Å². The number of amides is 2. The highest BCUT2D eigenvalue weighted by molar-refractivity contribution is 5.94. The van der Waals surface area contributed by atoms with E-state index in [0.29, 0.717) is 19.1 Å². The summed E-state index contributed by atoms with van der Waals surface area (Å²) in [7, 11) is 0. The molecule has 1 aromatic heterocycles. The maximum atomic E-state index is 13.1. The van der Waals surface area contributed by atoms with E-state index in [9.17, 15) is 9.59 Å². The van der Waals surface area contributed by atoms with Crippen LogP contribution in [0.3, 0.4) is 0 Å². The van der Waals surface area contributed by atoms with Gasteiger partial charge < -0.3 is 9.64 Å². The van der Waals surface area contributed by atoms with E-state index in [-0.39, 0.29) is 30.4 Å². The molecular weight excluding hydrogens is 416 g/mol. The number of hydrogen-bond acceptors (Lipinski definition) is 4. The lowest BCUT2D eigenvalue weighted by Crippen LogP contribution is -2.44. The van der Waals surface area contributed by atoms with Gasteiger partial charge in [0.15, 0.2) is 0 Å². The maximum absolute atomic E-state index is 13.1. The average Bonchev–Trinajstić information content (AvgIpc) is 3.49. The number of ether oxygens (including phenoxy) is 1. The molecule has 1 N–H and O–H groups in total. The van der Waals surface area contributed by atoms with Gasteiger partial charge in [-0.2, -0.15) is 0 Å². The normalized spacial score (nSPS) is 15.5. The number of aromatic nitrogens is 2. The Hall–Kier alpha value is -3.45. The Kier molecular flexibility index (Phi) is 7.19. The minimum Gasteiger partial charge on any atom is -0.376 e. The second kappa shape index (κ2) is 10.4. The lowest BCUT2D eigenvalue weighted by Gasteiger charge is -2.26. The van der Waals surface area contributed by atoms with E-state index in [4.69, 9.17) is 9.72 Å². The Morgan fingerprint density at radius 3 is 2.45 bits per heavy atom. The summed E-state index contributed by atoms with van der Waals surface area (Å²) in [5.41, 5.74) is 2.60. The molecule has 0 bridgehead atoms. The molecule has 7 nitrogen and oxygen atoms in total. The van der Waals surface area contributed by atoms with Crippen LogP contribution in [-0.2, 0) is 14.3 Å². The minimum atomic E-state index is -0.288. The van der Waals surface area contributed by atoms with Crippen molar-refractivity contribution in [1.29, 1.82) is 0 Å². The first-order valence-corrected chi connectivity index (χ1v) is 11.4. The summed E-state index contributed by atoms with van der Waals surface area (Å²) in [6.45, 7) is 4.78. The summed E-state index contributed by atoms with van der Waals surface area (Å²) >= 11 is 0. The molecule has 0 saturated carbocycles. The Morgan fingerprint density at radius 2 is 1.82 bits per heavy atom. The Balaban J connectivity index is 1.56. The quantitative estimate of drug-likeness (QED) is 0.564. The summed E-state index contributed by atoms with van der Waals surface area (Å²) in [4.78, 5) is 32.1. The number of carbonyl (C=O) groups excluding carboxylic acids is 2. The van der Waals surface area contributed by atoms with E-state index in [0.717, 1.165) is 29.8 Å². The third-order valence-electron chi connectivity index (χ3n) is 5.65. The van der Waals surface area contributed by atoms with Crippen molar-refractivity contribution in [3.63, 3.8) is 0 Å².